The van der Waals surface area contributed by atoms with Gasteiger partial charge in [0, 0.05) is 10.7 Å². The molecule has 0 aliphatic heterocycles. The smallest absolute Gasteiger partial charge is 0.264 e. The number of nitrogens with zero attached hydrogens (tertiary/aromatic N) is 1. The molecule has 1 N–H and O–H groups in total. The van der Waals surface area contributed by atoms with Crippen molar-refractivity contribution in [2.24, 2.45) is 0 Å². The molecule has 0 atom stereocenters. The first-order chi connectivity index (χ1) is 13.4. The molecule has 0 aliphatic carbocycles. The van der Waals surface area contributed by atoms with Gasteiger partial charge in [0.2, 0.25) is 5.91 Å². The Kier molecular flexibility index (Phi) is 6.02. The van der Waals surface area contributed by atoms with Crippen LogP contribution in [-0.4, -0.2) is 20.9 Å². The number of rotatable bonds is 6. The van der Waals surface area contributed by atoms with Crippen LogP contribution >= 0.6 is 11.6 Å². The summed E-state index contributed by atoms with van der Waals surface area (Å²) in [6, 6.07) is 21.6. The van der Waals surface area contributed by atoms with Crippen LogP contribution in [0.25, 0.3) is 0 Å². The Labute approximate surface area is 169 Å². The molecule has 3 aromatic carbocycles. The third-order valence-corrected chi connectivity index (χ3v) is 6.11. The topological polar surface area (TPSA) is 66.5 Å². The molecule has 0 spiro atoms. The maximum absolute atomic E-state index is 13.2. The zero-order valence-electron chi connectivity index (χ0n) is 15.2. The van der Waals surface area contributed by atoms with Crippen molar-refractivity contribution in [2.45, 2.75) is 11.8 Å². The van der Waals surface area contributed by atoms with Crippen molar-refractivity contribution in [1.82, 2.24) is 0 Å². The first kappa shape index (κ1) is 19.9. The van der Waals surface area contributed by atoms with Crippen molar-refractivity contribution in [3.05, 3.63) is 89.4 Å². The number of sulfonamides is 1. The zero-order chi connectivity index (χ0) is 20.1. The van der Waals surface area contributed by atoms with E-state index in [0.717, 1.165) is 9.87 Å². The standard InChI is InChI=1S/C21H19ClN2O3S/c1-16-7-11-18(12-8-16)23-21(25)15-24(19-5-3-2-4-6-19)28(26,27)20-13-9-17(22)10-14-20/h2-14H,15H2,1H3,(H,23,25). The van der Waals surface area contributed by atoms with Gasteiger partial charge in [-0.3, -0.25) is 9.10 Å². The molecule has 1 amide bonds. The van der Waals surface area contributed by atoms with E-state index in [4.69, 9.17) is 11.6 Å². The number of halogens is 1. The van der Waals surface area contributed by atoms with Crippen LogP contribution in [0, 0.1) is 6.92 Å². The summed E-state index contributed by atoms with van der Waals surface area (Å²) in [7, 11) is -3.95. The first-order valence-corrected chi connectivity index (χ1v) is 10.4. The SMILES string of the molecule is Cc1ccc(NC(=O)CN(c2ccccc2)S(=O)(=O)c2ccc(Cl)cc2)cc1. The molecule has 0 saturated carbocycles. The number of hydrogen-bond acceptors (Lipinski definition) is 3. The summed E-state index contributed by atoms with van der Waals surface area (Å²) in [6.45, 7) is 1.59. The Morgan fingerprint density at radius 1 is 0.929 bits per heavy atom. The van der Waals surface area contributed by atoms with Crippen LogP contribution in [0.5, 0.6) is 0 Å². The number of amides is 1. The second-order valence-electron chi connectivity index (χ2n) is 6.22. The molecular weight excluding hydrogens is 396 g/mol. The maximum atomic E-state index is 13.2. The van der Waals surface area contributed by atoms with Gasteiger partial charge < -0.3 is 5.32 Å². The fourth-order valence-electron chi connectivity index (χ4n) is 2.61. The van der Waals surface area contributed by atoms with E-state index >= 15 is 0 Å². The number of carbonyl (C=O) groups excluding carboxylic acids is 1. The minimum absolute atomic E-state index is 0.0592. The fourth-order valence-corrected chi connectivity index (χ4v) is 4.16. The van der Waals surface area contributed by atoms with E-state index in [1.54, 1.807) is 42.5 Å². The van der Waals surface area contributed by atoms with Crippen LogP contribution in [0.4, 0.5) is 11.4 Å². The van der Waals surface area contributed by atoms with Crippen LogP contribution in [0.1, 0.15) is 5.56 Å². The van der Waals surface area contributed by atoms with E-state index in [1.807, 2.05) is 19.1 Å². The molecule has 5 nitrogen and oxygen atoms in total. The molecular formula is C21H19ClN2O3S. The fraction of sp³-hybridized carbons (Fsp3) is 0.0952. The maximum Gasteiger partial charge on any atom is 0.264 e. The van der Waals surface area contributed by atoms with Crippen molar-refractivity contribution < 1.29 is 13.2 Å². The molecule has 0 unspecified atom stereocenters. The lowest BCUT2D eigenvalue weighted by atomic mass is 10.2. The van der Waals surface area contributed by atoms with Crippen LogP contribution in [-0.2, 0) is 14.8 Å². The lowest BCUT2D eigenvalue weighted by Crippen LogP contribution is -2.38. The van der Waals surface area contributed by atoms with Gasteiger partial charge in [-0.25, -0.2) is 8.42 Å². The monoisotopic (exact) mass is 414 g/mol. The van der Waals surface area contributed by atoms with Gasteiger partial charge >= 0.3 is 0 Å². The number of para-hydroxylation sites is 1. The average molecular weight is 415 g/mol. The summed E-state index contributed by atoms with van der Waals surface area (Å²) >= 11 is 5.87. The highest BCUT2D eigenvalue weighted by molar-refractivity contribution is 7.92. The molecule has 0 radical (unpaired) electrons. The van der Waals surface area contributed by atoms with Gasteiger partial charge in [0.1, 0.15) is 6.54 Å². The molecule has 28 heavy (non-hydrogen) atoms. The summed E-state index contributed by atoms with van der Waals surface area (Å²) in [5.41, 5.74) is 2.07. The molecule has 144 valence electrons. The van der Waals surface area contributed by atoms with Crippen LogP contribution in [0.15, 0.2) is 83.8 Å². The van der Waals surface area contributed by atoms with E-state index in [-0.39, 0.29) is 11.4 Å². The molecule has 0 bridgehead atoms. The Bertz CT molecular complexity index is 1050. The number of anilines is 2. The van der Waals surface area contributed by atoms with Crippen molar-refractivity contribution in [1.29, 1.82) is 0 Å². The summed E-state index contributed by atoms with van der Waals surface area (Å²) in [5.74, 6) is -0.440. The predicted octanol–water partition coefficient (Wildman–Crippen LogP) is 4.48. The van der Waals surface area contributed by atoms with Crippen molar-refractivity contribution in [3.63, 3.8) is 0 Å². The van der Waals surface area contributed by atoms with Crippen molar-refractivity contribution >= 4 is 38.9 Å². The van der Waals surface area contributed by atoms with Crippen molar-refractivity contribution in [3.8, 4) is 0 Å². The highest BCUT2D eigenvalue weighted by Crippen LogP contribution is 2.24. The molecule has 0 saturated heterocycles. The molecule has 0 fully saturated rings. The minimum Gasteiger partial charge on any atom is -0.325 e. The van der Waals surface area contributed by atoms with Crippen LogP contribution in [0.3, 0.4) is 0 Å². The van der Waals surface area contributed by atoms with Crippen LogP contribution in [0.2, 0.25) is 5.02 Å². The lowest BCUT2D eigenvalue weighted by molar-refractivity contribution is -0.114. The van der Waals surface area contributed by atoms with E-state index in [0.29, 0.717) is 16.4 Å². The molecule has 3 aromatic rings. The van der Waals surface area contributed by atoms with Gasteiger partial charge in [-0.05, 0) is 55.5 Å². The predicted molar refractivity (Wildman–Crippen MR) is 112 cm³/mol. The Hall–Kier alpha value is -2.83. The molecule has 0 aromatic heterocycles. The summed E-state index contributed by atoms with van der Waals surface area (Å²) in [5, 5.41) is 3.17. The first-order valence-electron chi connectivity index (χ1n) is 8.56. The third kappa shape index (κ3) is 4.71. The molecule has 3 rings (SSSR count). The molecule has 0 heterocycles. The summed E-state index contributed by atoms with van der Waals surface area (Å²) < 4.78 is 27.4. The normalized spacial score (nSPS) is 11.1. The van der Waals surface area contributed by atoms with E-state index < -0.39 is 15.9 Å². The van der Waals surface area contributed by atoms with Crippen LogP contribution < -0.4 is 9.62 Å². The lowest BCUT2D eigenvalue weighted by Gasteiger charge is -2.24. The van der Waals surface area contributed by atoms with Gasteiger partial charge in [-0.1, -0.05) is 47.5 Å². The number of hydrogen-bond donors (Lipinski definition) is 1. The number of nitrogens with one attached hydrogen (secondary N) is 1. The number of carbonyl (C=O) groups is 1. The van der Waals surface area contributed by atoms with E-state index in [9.17, 15) is 13.2 Å². The largest absolute Gasteiger partial charge is 0.325 e. The van der Waals surface area contributed by atoms with E-state index in [1.165, 1.54) is 24.3 Å². The number of benzene rings is 3. The van der Waals surface area contributed by atoms with E-state index in [2.05, 4.69) is 5.32 Å². The quantitative estimate of drug-likeness (QED) is 0.646. The molecule has 0 aliphatic rings. The summed E-state index contributed by atoms with van der Waals surface area (Å²) in [6.07, 6.45) is 0. The highest BCUT2D eigenvalue weighted by atomic mass is 35.5. The van der Waals surface area contributed by atoms with Gasteiger partial charge in [-0.15, -0.1) is 0 Å². The Morgan fingerprint density at radius 2 is 1.54 bits per heavy atom. The van der Waals surface area contributed by atoms with Gasteiger partial charge in [-0.2, -0.15) is 0 Å². The summed E-state index contributed by atoms with van der Waals surface area (Å²) in [4.78, 5) is 12.6. The molecule has 7 heteroatoms. The highest BCUT2D eigenvalue weighted by Gasteiger charge is 2.27. The Morgan fingerprint density at radius 3 is 2.14 bits per heavy atom. The van der Waals surface area contributed by atoms with Gasteiger partial charge in [0.25, 0.3) is 10.0 Å². The Balaban J connectivity index is 1.90. The second kappa shape index (κ2) is 8.46. The number of aryl methyl sites for hydroxylation is 1. The minimum atomic E-state index is -3.95. The van der Waals surface area contributed by atoms with Crippen molar-refractivity contribution in [2.75, 3.05) is 16.2 Å². The zero-order valence-corrected chi connectivity index (χ0v) is 16.7. The van der Waals surface area contributed by atoms with Gasteiger partial charge in [0.15, 0.2) is 0 Å². The van der Waals surface area contributed by atoms with Gasteiger partial charge in [0.05, 0.1) is 10.6 Å². The average Bonchev–Trinajstić information content (AvgIpc) is 2.69. The second-order valence-corrected chi connectivity index (χ2v) is 8.51. The third-order valence-electron chi connectivity index (χ3n) is 4.07.